The lowest BCUT2D eigenvalue weighted by Crippen LogP contribution is -2.37. The van der Waals surface area contributed by atoms with E-state index in [-0.39, 0.29) is 6.03 Å². The summed E-state index contributed by atoms with van der Waals surface area (Å²) in [4.78, 5) is 11.8. The number of benzene rings is 2. The number of hydrogen-bond donors (Lipinski definition) is 2. The largest absolute Gasteiger partial charge is 0.496 e. The number of nitrogens with one attached hydrogen (secondary N) is 2. The SMILES string of the molecule is COc1cc(OC)cc(OCCNC(=O)NCc2ccccc2C)c1. The molecule has 2 N–H and O–H groups in total. The number of aryl methyl sites for hydroxylation is 1. The van der Waals surface area contributed by atoms with Crippen LogP contribution in [0.3, 0.4) is 0 Å². The summed E-state index contributed by atoms with van der Waals surface area (Å²) in [6.07, 6.45) is 0. The Balaban J connectivity index is 1.72. The van der Waals surface area contributed by atoms with Crippen LogP contribution in [0.4, 0.5) is 4.79 Å². The van der Waals surface area contributed by atoms with Crippen molar-refractivity contribution in [1.29, 1.82) is 0 Å². The van der Waals surface area contributed by atoms with E-state index in [0.717, 1.165) is 11.1 Å². The molecule has 6 nitrogen and oxygen atoms in total. The lowest BCUT2D eigenvalue weighted by Gasteiger charge is -2.12. The molecule has 134 valence electrons. The molecule has 0 atom stereocenters. The molecule has 2 aromatic carbocycles. The number of urea groups is 1. The predicted molar refractivity (Wildman–Crippen MR) is 96.5 cm³/mol. The molecule has 0 saturated heterocycles. The lowest BCUT2D eigenvalue weighted by molar-refractivity contribution is 0.236. The first kappa shape index (κ1) is 18.4. The van der Waals surface area contributed by atoms with Gasteiger partial charge < -0.3 is 24.8 Å². The maximum absolute atomic E-state index is 11.8. The molecule has 0 bridgehead atoms. The van der Waals surface area contributed by atoms with Crippen LogP contribution < -0.4 is 24.8 Å². The fourth-order valence-corrected chi connectivity index (χ4v) is 2.24. The molecule has 0 aromatic heterocycles. The first-order valence-electron chi connectivity index (χ1n) is 8.04. The van der Waals surface area contributed by atoms with Crippen molar-refractivity contribution in [3.63, 3.8) is 0 Å². The molecule has 0 heterocycles. The Labute approximate surface area is 148 Å². The van der Waals surface area contributed by atoms with Crippen molar-refractivity contribution in [2.45, 2.75) is 13.5 Å². The van der Waals surface area contributed by atoms with Crippen molar-refractivity contribution >= 4 is 6.03 Å². The van der Waals surface area contributed by atoms with E-state index >= 15 is 0 Å². The fourth-order valence-electron chi connectivity index (χ4n) is 2.24. The molecule has 0 fully saturated rings. The number of carbonyl (C=O) groups is 1. The fraction of sp³-hybridized carbons (Fsp3) is 0.316. The van der Waals surface area contributed by atoms with Gasteiger partial charge in [-0.15, -0.1) is 0 Å². The van der Waals surface area contributed by atoms with E-state index < -0.39 is 0 Å². The summed E-state index contributed by atoms with van der Waals surface area (Å²) in [5.74, 6) is 1.93. The minimum atomic E-state index is -0.227. The molecule has 6 heteroatoms. The van der Waals surface area contributed by atoms with E-state index in [1.807, 2.05) is 31.2 Å². The van der Waals surface area contributed by atoms with Gasteiger partial charge in [0.05, 0.1) is 20.8 Å². The van der Waals surface area contributed by atoms with Crippen molar-refractivity contribution in [3.8, 4) is 17.2 Å². The molecule has 0 saturated carbocycles. The smallest absolute Gasteiger partial charge is 0.315 e. The molecular weight excluding hydrogens is 320 g/mol. The van der Waals surface area contributed by atoms with E-state index in [1.54, 1.807) is 32.4 Å². The molecule has 0 aliphatic rings. The number of rotatable bonds is 8. The minimum absolute atomic E-state index is 0.227. The Bertz CT molecular complexity index is 681. The molecular formula is C19H24N2O4. The summed E-state index contributed by atoms with van der Waals surface area (Å²) in [7, 11) is 3.16. The zero-order chi connectivity index (χ0) is 18.1. The predicted octanol–water partition coefficient (Wildman–Crippen LogP) is 2.89. The second-order valence-corrected chi connectivity index (χ2v) is 5.43. The minimum Gasteiger partial charge on any atom is -0.496 e. The van der Waals surface area contributed by atoms with Gasteiger partial charge in [0.2, 0.25) is 0 Å². The van der Waals surface area contributed by atoms with Gasteiger partial charge >= 0.3 is 6.03 Å². The molecule has 2 aromatic rings. The van der Waals surface area contributed by atoms with E-state index in [9.17, 15) is 4.79 Å². The number of methoxy groups -OCH3 is 2. The second kappa shape index (κ2) is 9.42. The normalized spacial score (nSPS) is 10.0. The Kier molecular flexibility index (Phi) is 6.95. The zero-order valence-electron chi connectivity index (χ0n) is 14.8. The van der Waals surface area contributed by atoms with Crippen LogP contribution in [0.5, 0.6) is 17.2 Å². The van der Waals surface area contributed by atoms with Crippen LogP contribution in [0, 0.1) is 6.92 Å². The third-order valence-corrected chi connectivity index (χ3v) is 3.68. The van der Waals surface area contributed by atoms with Gasteiger partial charge in [0.25, 0.3) is 0 Å². The number of amides is 2. The van der Waals surface area contributed by atoms with Gasteiger partial charge in [-0.25, -0.2) is 4.79 Å². The average molecular weight is 344 g/mol. The highest BCUT2D eigenvalue weighted by molar-refractivity contribution is 5.73. The van der Waals surface area contributed by atoms with Gasteiger partial charge in [-0.2, -0.15) is 0 Å². The lowest BCUT2D eigenvalue weighted by atomic mass is 10.1. The van der Waals surface area contributed by atoms with Crippen molar-refractivity contribution in [2.75, 3.05) is 27.4 Å². The topological polar surface area (TPSA) is 68.8 Å². The third kappa shape index (κ3) is 5.91. The van der Waals surface area contributed by atoms with E-state index in [1.165, 1.54) is 0 Å². The van der Waals surface area contributed by atoms with Crippen LogP contribution in [0.1, 0.15) is 11.1 Å². The van der Waals surface area contributed by atoms with Crippen LogP contribution in [0.2, 0.25) is 0 Å². The molecule has 0 unspecified atom stereocenters. The van der Waals surface area contributed by atoms with Crippen LogP contribution >= 0.6 is 0 Å². The van der Waals surface area contributed by atoms with Gasteiger partial charge in [-0.3, -0.25) is 0 Å². The van der Waals surface area contributed by atoms with Crippen LogP contribution in [0.25, 0.3) is 0 Å². The monoisotopic (exact) mass is 344 g/mol. The Morgan fingerprint density at radius 3 is 2.24 bits per heavy atom. The highest BCUT2D eigenvalue weighted by atomic mass is 16.5. The van der Waals surface area contributed by atoms with Gasteiger partial charge in [-0.05, 0) is 18.1 Å². The van der Waals surface area contributed by atoms with Gasteiger partial charge in [0, 0.05) is 24.7 Å². The highest BCUT2D eigenvalue weighted by Crippen LogP contribution is 2.27. The summed E-state index contributed by atoms with van der Waals surface area (Å²) in [6.45, 7) is 3.24. The van der Waals surface area contributed by atoms with E-state index in [0.29, 0.717) is 36.9 Å². The first-order valence-corrected chi connectivity index (χ1v) is 8.04. The van der Waals surface area contributed by atoms with Crippen LogP contribution in [-0.4, -0.2) is 33.4 Å². The van der Waals surface area contributed by atoms with Gasteiger partial charge in [-0.1, -0.05) is 24.3 Å². The van der Waals surface area contributed by atoms with Crippen LogP contribution in [-0.2, 0) is 6.54 Å². The molecule has 2 amide bonds. The molecule has 0 aliphatic heterocycles. The average Bonchev–Trinajstić information content (AvgIpc) is 2.64. The number of ether oxygens (including phenoxy) is 3. The number of carbonyl (C=O) groups excluding carboxylic acids is 1. The Morgan fingerprint density at radius 2 is 1.60 bits per heavy atom. The second-order valence-electron chi connectivity index (χ2n) is 5.43. The maximum atomic E-state index is 11.8. The zero-order valence-corrected chi connectivity index (χ0v) is 14.8. The molecule has 25 heavy (non-hydrogen) atoms. The Hall–Kier alpha value is -2.89. The summed E-state index contributed by atoms with van der Waals surface area (Å²) >= 11 is 0. The van der Waals surface area contributed by atoms with Crippen molar-refractivity contribution in [1.82, 2.24) is 10.6 Å². The summed E-state index contributed by atoms with van der Waals surface area (Å²) in [6, 6.07) is 13.0. The van der Waals surface area contributed by atoms with Crippen molar-refractivity contribution < 1.29 is 19.0 Å². The summed E-state index contributed by atoms with van der Waals surface area (Å²) in [5.41, 5.74) is 2.25. The van der Waals surface area contributed by atoms with Crippen molar-refractivity contribution in [2.24, 2.45) is 0 Å². The van der Waals surface area contributed by atoms with Gasteiger partial charge in [0.1, 0.15) is 23.9 Å². The van der Waals surface area contributed by atoms with E-state index in [2.05, 4.69) is 10.6 Å². The summed E-state index contributed by atoms with van der Waals surface area (Å²) in [5, 5.41) is 5.59. The standard InChI is InChI=1S/C19H24N2O4/c1-14-6-4-5-7-15(14)13-21-19(22)20-8-9-25-18-11-16(23-2)10-17(12-18)24-3/h4-7,10-12H,8-9,13H2,1-3H3,(H2,20,21,22). The first-order chi connectivity index (χ1) is 12.1. The molecule has 0 aliphatic carbocycles. The van der Waals surface area contributed by atoms with Crippen LogP contribution in [0.15, 0.2) is 42.5 Å². The summed E-state index contributed by atoms with van der Waals surface area (Å²) < 4.78 is 16.0. The quantitative estimate of drug-likeness (QED) is 0.723. The van der Waals surface area contributed by atoms with Gasteiger partial charge in [0.15, 0.2) is 0 Å². The molecule has 0 radical (unpaired) electrons. The van der Waals surface area contributed by atoms with Crippen molar-refractivity contribution in [3.05, 3.63) is 53.6 Å². The Morgan fingerprint density at radius 1 is 0.960 bits per heavy atom. The highest BCUT2D eigenvalue weighted by Gasteiger charge is 2.04. The molecule has 2 rings (SSSR count). The van der Waals surface area contributed by atoms with E-state index in [4.69, 9.17) is 14.2 Å². The maximum Gasteiger partial charge on any atom is 0.315 e. The molecule has 0 spiro atoms. The third-order valence-electron chi connectivity index (χ3n) is 3.68. The number of hydrogen-bond acceptors (Lipinski definition) is 4.